The molecule has 0 aromatic carbocycles. The first-order valence-electron chi connectivity index (χ1n) is 7.33. The molecule has 0 radical (unpaired) electrons. The Hall–Kier alpha value is -0.300. The van der Waals surface area contributed by atoms with Crippen LogP contribution >= 0.6 is 0 Å². The Morgan fingerprint density at radius 1 is 1.18 bits per heavy atom. The zero-order chi connectivity index (χ0) is 12.9. The number of allylic oxidation sites excluding steroid dienone is 1. The molecule has 0 aromatic heterocycles. The summed E-state index contributed by atoms with van der Waals surface area (Å²) in [6.45, 7) is 12.5. The smallest absolute Gasteiger partial charge is 0.0169 e. The lowest BCUT2D eigenvalue weighted by Gasteiger charge is -2.28. The maximum absolute atomic E-state index is 3.60. The average molecular weight is 237 g/mol. The van der Waals surface area contributed by atoms with Crippen LogP contribution in [0, 0.1) is 11.3 Å². The van der Waals surface area contributed by atoms with Gasteiger partial charge >= 0.3 is 0 Å². The van der Waals surface area contributed by atoms with Crippen LogP contribution in [0.3, 0.4) is 0 Å². The molecule has 0 spiro atoms. The molecule has 17 heavy (non-hydrogen) atoms. The van der Waals surface area contributed by atoms with Gasteiger partial charge in [-0.15, -0.1) is 0 Å². The van der Waals surface area contributed by atoms with Gasteiger partial charge in [-0.1, -0.05) is 65.5 Å². The molecule has 1 saturated carbocycles. The standard InChI is InChI=1S/C16H31N/c1-13(2)17-12-15(11-16(3,4)5)14-9-7-6-8-10-14/h11,13-14,17H,6-10,12H2,1-5H3. The summed E-state index contributed by atoms with van der Waals surface area (Å²) in [7, 11) is 0. The lowest BCUT2D eigenvalue weighted by Crippen LogP contribution is -2.28. The van der Waals surface area contributed by atoms with Crippen molar-refractivity contribution >= 4 is 0 Å². The van der Waals surface area contributed by atoms with Gasteiger partial charge in [0.15, 0.2) is 0 Å². The van der Waals surface area contributed by atoms with Gasteiger partial charge in [0.25, 0.3) is 0 Å². The lowest BCUT2D eigenvalue weighted by atomic mass is 9.80. The number of rotatable bonds is 4. The van der Waals surface area contributed by atoms with Crippen LogP contribution in [0.15, 0.2) is 11.6 Å². The fourth-order valence-corrected chi connectivity index (χ4v) is 2.66. The van der Waals surface area contributed by atoms with E-state index in [9.17, 15) is 0 Å². The Bertz CT molecular complexity index is 239. The Morgan fingerprint density at radius 2 is 1.76 bits per heavy atom. The highest BCUT2D eigenvalue weighted by atomic mass is 14.9. The van der Waals surface area contributed by atoms with E-state index in [0.717, 1.165) is 12.5 Å². The van der Waals surface area contributed by atoms with Crippen LogP contribution in [0.25, 0.3) is 0 Å². The number of hydrogen-bond donors (Lipinski definition) is 1. The predicted octanol–water partition coefficient (Wildman–Crippen LogP) is 4.54. The van der Waals surface area contributed by atoms with E-state index in [1.54, 1.807) is 5.57 Å². The zero-order valence-electron chi connectivity index (χ0n) is 12.5. The third-order valence-electron chi connectivity index (χ3n) is 3.46. The summed E-state index contributed by atoms with van der Waals surface area (Å²) in [5.41, 5.74) is 1.97. The summed E-state index contributed by atoms with van der Waals surface area (Å²) < 4.78 is 0. The molecule has 1 heteroatoms. The van der Waals surface area contributed by atoms with Crippen molar-refractivity contribution in [2.24, 2.45) is 11.3 Å². The molecule has 0 heterocycles. The fraction of sp³-hybridized carbons (Fsp3) is 0.875. The Labute approximate surface area is 108 Å². The van der Waals surface area contributed by atoms with E-state index < -0.39 is 0 Å². The van der Waals surface area contributed by atoms with Gasteiger partial charge in [-0.05, 0) is 24.2 Å². The fourth-order valence-electron chi connectivity index (χ4n) is 2.66. The molecule has 0 bridgehead atoms. The van der Waals surface area contributed by atoms with Gasteiger partial charge in [0.05, 0.1) is 0 Å². The van der Waals surface area contributed by atoms with Crippen molar-refractivity contribution in [2.75, 3.05) is 6.54 Å². The molecule has 0 aromatic rings. The zero-order valence-corrected chi connectivity index (χ0v) is 12.5. The van der Waals surface area contributed by atoms with Crippen molar-refractivity contribution in [3.63, 3.8) is 0 Å². The third kappa shape index (κ3) is 6.26. The van der Waals surface area contributed by atoms with Crippen LogP contribution in [0.2, 0.25) is 0 Å². The first-order valence-corrected chi connectivity index (χ1v) is 7.33. The second kappa shape index (κ2) is 6.58. The highest BCUT2D eigenvalue weighted by Gasteiger charge is 2.20. The van der Waals surface area contributed by atoms with Crippen LogP contribution in [0.5, 0.6) is 0 Å². The van der Waals surface area contributed by atoms with Crippen molar-refractivity contribution in [3.8, 4) is 0 Å². The van der Waals surface area contributed by atoms with Gasteiger partial charge in [-0.2, -0.15) is 0 Å². The first-order chi connectivity index (χ1) is 7.88. The molecule has 1 aliphatic carbocycles. The SMILES string of the molecule is CC(C)NCC(=CC(C)(C)C)C1CCCCC1. The molecule has 0 atom stereocenters. The Balaban J connectivity index is 2.67. The molecular weight excluding hydrogens is 206 g/mol. The summed E-state index contributed by atoms with van der Waals surface area (Å²) in [4.78, 5) is 0. The van der Waals surface area contributed by atoms with E-state index in [0.29, 0.717) is 11.5 Å². The lowest BCUT2D eigenvalue weighted by molar-refractivity contribution is 0.385. The molecular formula is C16H31N. The van der Waals surface area contributed by atoms with Crippen molar-refractivity contribution in [1.29, 1.82) is 0 Å². The average Bonchev–Trinajstić information content (AvgIpc) is 2.24. The normalized spacial score (nSPS) is 20.0. The summed E-state index contributed by atoms with van der Waals surface area (Å²) in [6.07, 6.45) is 9.61. The van der Waals surface area contributed by atoms with Crippen LogP contribution in [0.4, 0.5) is 0 Å². The molecule has 1 N–H and O–H groups in total. The molecule has 1 aliphatic rings. The Morgan fingerprint density at radius 3 is 2.24 bits per heavy atom. The van der Waals surface area contributed by atoms with E-state index in [2.05, 4.69) is 46.0 Å². The topological polar surface area (TPSA) is 12.0 Å². The molecule has 1 rings (SSSR count). The molecule has 0 unspecified atom stereocenters. The maximum atomic E-state index is 3.60. The minimum absolute atomic E-state index is 0.311. The molecule has 100 valence electrons. The predicted molar refractivity (Wildman–Crippen MR) is 77.3 cm³/mol. The third-order valence-corrected chi connectivity index (χ3v) is 3.46. The largest absolute Gasteiger partial charge is 0.311 e. The molecule has 1 fully saturated rings. The summed E-state index contributed by atoms with van der Waals surface area (Å²) in [6, 6.07) is 0.585. The summed E-state index contributed by atoms with van der Waals surface area (Å²) >= 11 is 0. The van der Waals surface area contributed by atoms with E-state index in [1.165, 1.54) is 32.1 Å². The van der Waals surface area contributed by atoms with Crippen LogP contribution < -0.4 is 5.32 Å². The summed E-state index contributed by atoms with van der Waals surface area (Å²) in [5, 5.41) is 3.60. The van der Waals surface area contributed by atoms with E-state index in [4.69, 9.17) is 0 Å². The monoisotopic (exact) mass is 237 g/mol. The number of nitrogens with one attached hydrogen (secondary N) is 1. The van der Waals surface area contributed by atoms with E-state index in [-0.39, 0.29) is 0 Å². The number of hydrogen-bond acceptors (Lipinski definition) is 1. The van der Waals surface area contributed by atoms with Crippen LogP contribution in [0.1, 0.15) is 66.7 Å². The highest BCUT2D eigenvalue weighted by Crippen LogP contribution is 2.32. The molecule has 0 aliphatic heterocycles. The van der Waals surface area contributed by atoms with Gasteiger partial charge < -0.3 is 5.32 Å². The second-order valence-electron chi connectivity index (χ2n) is 6.96. The van der Waals surface area contributed by atoms with Gasteiger partial charge in [0, 0.05) is 12.6 Å². The van der Waals surface area contributed by atoms with Crippen LogP contribution in [-0.2, 0) is 0 Å². The summed E-state index contributed by atoms with van der Waals surface area (Å²) in [5.74, 6) is 0.842. The highest BCUT2D eigenvalue weighted by molar-refractivity contribution is 5.13. The second-order valence-corrected chi connectivity index (χ2v) is 6.96. The van der Waals surface area contributed by atoms with Crippen molar-refractivity contribution in [3.05, 3.63) is 11.6 Å². The van der Waals surface area contributed by atoms with Crippen LogP contribution in [-0.4, -0.2) is 12.6 Å². The van der Waals surface area contributed by atoms with Gasteiger partial charge in [0.2, 0.25) is 0 Å². The van der Waals surface area contributed by atoms with Crippen molar-refractivity contribution in [2.45, 2.75) is 72.8 Å². The minimum atomic E-state index is 0.311. The Kier molecular flexibility index (Phi) is 5.72. The van der Waals surface area contributed by atoms with E-state index in [1.807, 2.05) is 0 Å². The van der Waals surface area contributed by atoms with Gasteiger partial charge in [-0.3, -0.25) is 0 Å². The molecule has 0 amide bonds. The van der Waals surface area contributed by atoms with Crippen molar-refractivity contribution in [1.82, 2.24) is 5.32 Å². The van der Waals surface area contributed by atoms with Crippen molar-refractivity contribution < 1.29 is 0 Å². The quantitative estimate of drug-likeness (QED) is 0.708. The molecule has 0 saturated heterocycles. The molecule has 1 nitrogen and oxygen atoms in total. The van der Waals surface area contributed by atoms with Gasteiger partial charge in [-0.25, -0.2) is 0 Å². The minimum Gasteiger partial charge on any atom is -0.311 e. The maximum Gasteiger partial charge on any atom is 0.0169 e. The first kappa shape index (κ1) is 14.8. The van der Waals surface area contributed by atoms with Gasteiger partial charge in [0.1, 0.15) is 0 Å². The van der Waals surface area contributed by atoms with E-state index >= 15 is 0 Å².